The highest BCUT2D eigenvalue weighted by atomic mass is 15.1. The van der Waals surface area contributed by atoms with E-state index in [-0.39, 0.29) is 0 Å². The second kappa shape index (κ2) is 13.0. The molecule has 0 saturated carbocycles. The van der Waals surface area contributed by atoms with Crippen LogP contribution in [0, 0.1) is 0 Å². The van der Waals surface area contributed by atoms with Crippen LogP contribution in [-0.2, 0) is 0 Å². The number of fused-ring (bicyclic) bond motifs is 6. The van der Waals surface area contributed by atoms with E-state index < -0.39 is 0 Å². The molecule has 1 heteroatoms. The summed E-state index contributed by atoms with van der Waals surface area (Å²) in [6, 6.07) is 77.2. The maximum Gasteiger partial charge on any atom is 0.0467 e. The molecular weight excluding hydrogens is 639 g/mol. The Kier molecular flexibility index (Phi) is 7.55. The number of benzene rings is 10. The molecule has 248 valence electrons. The van der Waals surface area contributed by atoms with Crippen molar-refractivity contribution in [3.8, 4) is 33.4 Å². The van der Waals surface area contributed by atoms with Crippen LogP contribution in [0.5, 0.6) is 0 Å². The van der Waals surface area contributed by atoms with E-state index in [9.17, 15) is 0 Å². The van der Waals surface area contributed by atoms with Gasteiger partial charge in [-0.1, -0.05) is 164 Å². The molecule has 0 radical (unpaired) electrons. The Hall–Kier alpha value is -6.96. The highest BCUT2D eigenvalue weighted by Gasteiger charge is 2.16. The van der Waals surface area contributed by atoms with Gasteiger partial charge in [-0.25, -0.2) is 0 Å². The average Bonchev–Trinajstić information content (AvgIpc) is 3.24. The van der Waals surface area contributed by atoms with E-state index in [1.165, 1.54) is 76.5 Å². The SMILES string of the molecule is c1ccc(N(c2ccc(-c3cccc4ccccc34)cc2)c2cccc(-c3cccc(-c4cc5ccc6ccccc6c5c5ccccc45)c3)c2)cc1. The van der Waals surface area contributed by atoms with Crippen LogP contribution in [0.15, 0.2) is 212 Å². The second-order valence-corrected chi connectivity index (χ2v) is 13.7. The summed E-state index contributed by atoms with van der Waals surface area (Å²) in [5, 5.41) is 10.2. The number of hydrogen-bond acceptors (Lipinski definition) is 1. The molecule has 10 aromatic rings. The van der Waals surface area contributed by atoms with Crippen LogP contribution in [0.3, 0.4) is 0 Å². The molecule has 0 spiro atoms. The van der Waals surface area contributed by atoms with Crippen molar-refractivity contribution >= 4 is 60.2 Å². The molecule has 10 rings (SSSR count). The Morgan fingerprint density at radius 1 is 0.245 bits per heavy atom. The van der Waals surface area contributed by atoms with Gasteiger partial charge in [-0.3, -0.25) is 0 Å². The highest BCUT2D eigenvalue weighted by Crippen LogP contribution is 2.41. The zero-order chi connectivity index (χ0) is 35.1. The fourth-order valence-electron chi connectivity index (χ4n) is 8.10. The summed E-state index contributed by atoms with van der Waals surface area (Å²) in [7, 11) is 0. The van der Waals surface area contributed by atoms with Crippen LogP contribution in [-0.4, -0.2) is 0 Å². The first-order chi connectivity index (χ1) is 26.3. The molecule has 0 bridgehead atoms. The summed E-state index contributed by atoms with van der Waals surface area (Å²) in [6.07, 6.45) is 0. The van der Waals surface area contributed by atoms with E-state index in [0.29, 0.717) is 0 Å². The summed E-state index contributed by atoms with van der Waals surface area (Å²) < 4.78 is 0. The Bertz CT molecular complexity index is 2940. The third-order valence-corrected chi connectivity index (χ3v) is 10.6. The minimum absolute atomic E-state index is 1.11. The molecule has 0 saturated heterocycles. The Morgan fingerprint density at radius 3 is 1.60 bits per heavy atom. The summed E-state index contributed by atoms with van der Waals surface area (Å²) in [5.41, 5.74) is 10.6. The quantitative estimate of drug-likeness (QED) is 0.159. The monoisotopic (exact) mass is 673 g/mol. The number of para-hydroxylation sites is 1. The average molecular weight is 674 g/mol. The summed E-state index contributed by atoms with van der Waals surface area (Å²) in [4.78, 5) is 2.35. The molecule has 0 aromatic heterocycles. The van der Waals surface area contributed by atoms with E-state index in [1.54, 1.807) is 0 Å². The molecule has 53 heavy (non-hydrogen) atoms. The largest absolute Gasteiger partial charge is 0.310 e. The Labute approximate surface area is 309 Å². The van der Waals surface area contributed by atoms with Gasteiger partial charge in [0.1, 0.15) is 0 Å². The summed E-state index contributed by atoms with van der Waals surface area (Å²) in [5.74, 6) is 0. The maximum absolute atomic E-state index is 2.37. The molecule has 0 fully saturated rings. The van der Waals surface area contributed by atoms with Gasteiger partial charge in [0, 0.05) is 17.1 Å². The minimum Gasteiger partial charge on any atom is -0.310 e. The fourth-order valence-corrected chi connectivity index (χ4v) is 8.10. The van der Waals surface area contributed by atoms with Gasteiger partial charge in [0.15, 0.2) is 0 Å². The maximum atomic E-state index is 2.37. The predicted octanol–water partition coefficient (Wildman–Crippen LogP) is 14.8. The highest BCUT2D eigenvalue weighted by molar-refractivity contribution is 6.23. The van der Waals surface area contributed by atoms with E-state index >= 15 is 0 Å². The molecule has 10 aromatic carbocycles. The van der Waals surface area contributed by atoms with Gasteiger partial charge in [-0.2, -0.15) is 0 Å². The third kappa shape index (κ3) is 5.51. The van der Waals surface area contributed by atoms with Gasteiger partial charge in [0.25, 0.3) is 0 Å². The van der Waals surface area contributed by atoms with Crippen molar-refractivity contribution in [1.82, 2.24) is 0 Å². The zero-order valence-electron chi connectivity index (χ0n) is 29.2. The molecule has 0 unspecified atom stereocenters. The van der Waals surface area contributed by atoms with Crippen LogP contribution in [0.25, 0.3) is 76.5 Å². The van der Waals surface area contributed by atoms with Gasteiger partial charge in [0.05, 0.1) is 0 Å². The zero-order valence-corrected chi connectivity index (χ0v) is 29.2. The molecule has 0 atom stereocenters. The van der Waals surface area contributed by atoms with E-state index in [1.807, 2.05) is 0 Å². The lowest BCUT2D eigenvalue weighted by molar-refractivity contribution is 1.28. The van der Waals surface area contributed by atoms with Crippen molar-refractivity contribution < 1.29 is 0 Å². The van der Waals surface area contributed by atoms with Crippen LogP contribution in [0.1, 0.15) is 0 Å². The van der Waals surface area contributed by atoms with Crippen LogP contribution < -0.4 is 4.90 Å². The lowest BCUT2D eigenvalue weighted by Crippen LogP contribution is -2.09. The van der Waals surface area contributed by atoms with Crippen molar-refractivity contribution in [2.75, 3.05) is 4.90 Å². The molecule has 0 heterocycles. The molecular formula is C52H35N. The topological polar surface area (TPSA) is 3.24 Å². The second-order valence-electron chi connectivity index (χ2n) is 13.7. The Balaban J connectivity index is 1.06. The first kappa shape index (κ1) is 30.8. The number of hydrogen-bond donors (Lipinski definition) is 0. The minimum atomic E-state index is 1.11. The van der Waals surface area contributed by atoms with E-state index in [0.717, 1.165) is 17.1 Å². The van der Waals surface area contributed by atoms with Gasteiger partial charge < -0.3 is 4.90 Å². The van der Waals surface area contributed by atoms with Crippen LogP contribution >= 0.6 is 0 Å². The van der Waals surface area contributed by atoms with Gasteiger partial charge in [-0.05, 0) is 125 Å². The Morgan fingerprint density at radius 2 is 0.792 bits per heavy atom. The predicted molar refractivity (Wildman–Crippen MR) is 227 cm³/mol. The smallest absolute Gasteiger partial charge is 0.0467 e. The normalized spacial score (nSPS) is 11.4. The number of nitrogens with zero attached hydrogens (tertiary/aromatic N) is 1. The lowest BCUT2D eigenvalue weighted by atomic mass is 9.90. The van der Waals surface area contributed by atoms with Crippen molar-refractivity contribution in [1.29, 1.82) is 0 Å². The summed E-state index contributed by atoms with van der Waals surface area (Å²) >= 11 is 0. The molecule has 0 N–H and O–H groups in total. The first-order valence-electron chi connectivity index (χ1n) is 18.3. The van der Waals surface area contributed by atoms with Crippen molar-refractivity contribution in [2.24, 2.45) is 0 Å². The molecule has 1 nitrogen and oxygen atoms in total. The van der Waals surface area contributed by atoms with Crippen molar-refractivity contribution in [3.05, 3.63) is 212 Å². The van der Waals surface area contributed by atoms with Crippen LogP contribution in [0.2, 0.25) is 0 Å². The van der Waals surface area contributed by atoms with Gasteiger partial charge >= 0.3 is 0 Å². The van der Waals surface area contributed by atoms with Gasteiger partial charge in [0.2, 0.25) is 0 Å². The van der Waals surface area contributed by atoms with Crippen molar-refractivity contribution in [2.45, 2.75) is 0 Å². The third-order valence-electron chi connectivity index (χ3n) is 10.6. The van der Waals surface area contributed by atoms with Crippen molar-refractivity contribution in [3.63, 3.8) is 0 Å². The van der Waals surface area contributed by atoms with Crippen LogP contribution in [0.4, 0.5) is 17.1 Å². The molecule has 0 aliphatic carbocycles. The molecule has 0 aliphatic rings. The van der Waals surface area contributed by atoms with E-state index in [4.69, 9.17) is 0 Å². The number of rotatable bonds is 6. The van der Waals surface area contributed by atoms with Gasteiger partial charge in [-0.15, -0.1) is 0 Å². The lowest BCUT2D eigenvalue weighted by Gasteiger charge is -2.26. The summed E-state index contributed by atoms with van der Waals surface area (Å²) in [6.45, 7) is 0. The standard InChI is InChI=1S/C52H35N/c1-2-19-43(20-3-1)53(44-31-29-38(30-32-44)47-26-12-15-36-13-4-6-22-46(36)47)45-21-11-17-40(34-45)39-16-10-18-41(33-39)51-35-42-28-27-37-14-5-7-23-48(37)52(42)50-25-9-8-24-49(50)51/h1-35H. The molecule has 0 aliphatic heterocycles. The number of anilines is 3. The first-order valence-corrected chi connectivity index (χ1v) is 18.3. The fraction of sp³-hybridized carbons (Fsp3) is 0. The molecule has 0 amide bonds. The van der Waals surface area contributed by atoms with E-state index in [2.05, 4.69) is 217 Å².